The molecule has 218 valence electrons. The average Bonchev–Trinajstić information content (AvgIpc) is 3.77. The molecule has 0 N–H and O–H groups in total. The third-order valence-corrected chi connectivity index (χ3v) is 8.12. The Labute approximate surface area is 250 Å². The topological polar surface area (TPSA) is 113 Å². The van der Waals surface area contributed by atoms with Crippen LogP contribution in [0.25, 0.3) is 38.6 Å². The van der Waals surface area contributed by atoms with Crippen LogP contribution in [0, 0.1) is 0 Å². The van der Waals surface area contributed by atoms with Gasteiger partial charge < -0.3 is 28.3 Å². The van der Waals surface area contributed by atoms with Crippen molar-refractivity contribution in [1.29, 1.82) is 0 Å². The molecule has 1 aliphatic heterocycles. The second-order valence-electron chi connectivity index (χ2n) is 9.88. The highest BCUT2D eigenvalue weighted by Crippen LogP contribution is 2.34. The van der Waals surface area contributed by atoms with E-state index < -0.39 is 0 Å². The number of morpholine rings is 1. The highest BCUT2D eigenvalue weighted by molar-refractivity contribution is 7.18. The number of carbonyl (C=O) groups excluding carboxylic acids is 1. The third kappa shape index (κ3) is 5.38. The Morgan fingerprint density at radius 3 is 2.58 bits per heavy atom. The van der Waals surface area contributed by atoms with Crippen molar-refractivity contribution < 1.29 is 28.2 Å². The maximum absolute atomic E-state index is 12.8. The lowest BCUT2D eigenvalue weighted by Gasteiger charge is -2.26. The summed E-state index contributed by atoms with van der Waals surface area (Å²) >= 11 is 1.35. The zero-order valence-corrected chi connectivity index (χ0v) is 24.3. The van der Waals surface area contributed by atoms with Gasteiger partial charge in [-0.2, -0.15) is 0 Å². The minimum atomic E-state index is 0.0107. The summed E-state index contributed by atoms with van der Waals surface area (Å²) in [6.07, 6.45) is 3.52. The van der Waals surface area contributed by atoms with Crippen molar-refractivity contribution in [2.24, 2.45) is 0 Å². The first-order valence-corrected chi connectivity index (χ1v) is 14.5. The van der Waals surface area contributed by atoms with Crippen LogP contribution < -0.4 is 14.2 Å². The van der Waals surface area contributed by atoms with E-state index in [1.54, 1.807) is 24.9 Å². The van der Waals surface area contributed by atoms with Crippen molar-refractivity contribution in [3.63, 3.8) is 0 Å². The van der Waals surface area contributed by atoms with Crippen LogP contribution in [0.4, 0.5) is 0 Å². The molecule has 0 aliphatic carbocycles. The van der Waals surface area contributed by atoms with Crippen LogP contribution in [0.1, 0.15) is 15.9 Å². The van der Waals surface area contributed by atoms with Crippen LogP contribution in [0.5, 0.6) is 16.7 Å². The fraction of sp³-hybridized carbons (Fsp3) is 0.226. The van der Waals surface area contributed by atoms with E-state index in [-0.39, 0.29) is 12.5 Å². The number of hydrogen-bond acceptors (Lipinski definition) is 10. The van der Waals surface area contributed by atoms with Gasteiger partial charge in [0.2, 0.25) is 4.96 Å². The lowest BCUT2D eigenvalue weighted by molar-refractivity contribution is 0.0303. The summed E-state index contributed by atoms with van der Waals surface area (Å²) in [7, 11) is 3.20. The van der Waals surface area contributed by atoms with E-state index in [1.165, 1.54) is 11.3 Å². The molecule has 11 nitrogen and oxygen atoms in total. The molecule has 1 aliphatic rings. The number of pyridine rings is 1. The summed E-state index contributed by atoms with van der Waals surface area (Å²) in [4.78, 5) is 24.5. The van der Waals surface area contributed by atoms with Crippen LogP contribution in [0.2, 0.25) is 0 Å². The standard InChI is InChI=1S/C31H27N5O6S/c1-38-23-13-21(24-16-28(42-27(24)15-23)26-17-36-30(33-26)43-31(34-36)39-2)18-41-22-7-8-32-25(14-22)19-3-5-20(6-4-19)29(37)35-9-11-40-12-10-35/h3-8,13-17H,9-12,18H2,1-2H3. The summed E-state index contributed by atoms with van der Waals surface area (Å²) < 4.78 is 30.2. The predicted octanol–water partition coefficient (Wildman–Crippen LogP) is 5.33. The molecular formula is C31H27N5O6S. The van der Waals surface area contributed by atoms with E-state index in [4.69, 9.17) is 23.4 Å². The molecule has 5 heterocycles. The van der Waals surface area contributed by atoms with Gasteiger partial charge in [0.05, 0.1) is 39.3 Å². The maximum Gasteiger partial charge on any atom is 0.294 e. The van der Waals surface area contributed by atoms with Gasteiger partial charge in [0.1, 0.15) is 29.4 Å². The monoisotopic (exact) mass is 597 g/mol. The maximum atomic E-state index is 12.8. The van der Waals surface area contributed by atoms with Crippen LogP contribution >= 0.6 is 11.3 Å². The fourth-order valence-corrected chi connectivity index (χ4v) is 5.68. The molecule has 0 bridgehead atoms. The Hall–Kier alpha value is -4.94. The van der Waals surface area contributed by atoms with Gasteiger partial charge >= 0.3 is 0 Å². The molecule has 4 aromatic heterocycles. The Morgan fingerprint density at radius 1 is 0.977 bits per heavy atom. The molecule has 43 heavy (non-hydrogen) atoms. The minimum Gasteiger partial charge on any atom is -0.497 e. The summed E-state index contributed by atoms with van der Waals surface area (Å²) in [6, 6.07) is 16.9. The minimum absolute atomic E-state index is 0.0107. The number of carbonyl (C=O) groups is 1. The number of methoxy groups -OCH3 is 2. The molecule has 0 atom stereocenters. The number of nitrogens with zero attached hydrogens (tertiary/aromatic N) is 5. The van der Waals surface area contributed by atoms with E-state index in [0.29, 0.717) is 70.6 Å². The predicted molar refractivity (Wildman–Crippen MR) is 160 cm³/mol. The first-order valence-electron chi connectivity index (χ1n) is 13.7. The zero-order valence-electron chi connectivity index (χ0n) is 23.5. The normalized spacial score (nSPS) is 13.5. The summed E-state index contributed by atoms with van der Waals surface area (Å²) in [6.45, 7) is 2.63. The van der Waals surface area contributed by atoms with Crippen molar-refractivity contribution in [3.05, 3.63) is 78.1 Å². The second kappa shape index (κ2) is 11.4. The molecule has 1 fully saturated rings. The Morgan fingerprint density at radius 2 is 1.81 bits per heavy atom. The first-order chi connectivity index (χ1) is 21.1. The van der Waals surface area contributed by atoms with Crippen LogP contribution in [0.3, 0.4) is 0 Å². The van der Waals surface area contributed by atoms with Gasteiger partial charge in [0, 0.05) is 53.5 Å². The number of fused-ring (bicyclic) bond motifs is 2. The Balaban J connectivity index is 1.10. The van der Waals surface area contributed by atoms with Gasteiger partial charge in [0.15, 0.2) is 5.76 Å². The van der Waals surface area contributed by atoms with Crippen LogP contribution in [-0.2, 0) is 11.3 Å². The molecular weight excluding hydrogens is 570 g/mol. The van der Waals surface area contributed by atoms with E-state index in [9.17, 15) is 4.79 Å². The van der Waals surface area contributed by atoms with E-state index in [2.05, 4.69) is 15.1 Å². The van der Waals surface area contributed by atoms with E-state index in [1.807, 2.05) is 65.7 Å². The molecule has 1 saturated heterocycles. The first kappa shape index (κ1) is 26.9. The number of aromatic nitrogens is 4. The third-order valence-electron chi connectivity index (χ3n) is 7.24. The number of imidazole rings is 1. The Bertz CT molecular complexity index is 1890. The lowest BCUT2D eigenvalue weighted by atomic mass is 10.1. The number of hydrogen-bond donors (Lipinski definition) is 0. The highest BCUT2D eigenvalue weighted by atomic mass is 32.1. The fourth-order valence-electron chi connectivity index (χ4n) is 4.98. The molecule has 2 aromatic carbocycles. The van der Waals surface area contributed by atoms with Crippen LogP contribution in [-0.4, -0.2) is 70.9 Å². The smallest absolute Gasteiger partial charge is 0.294 e. The van der Waals surface area contributed by atoms with E-state index in [0.717, 1.165) is 22.2 Å². The van der Waals surface area contributed by atoms with Crippen molar-refractivity contribution >= 4 is 33.2 Å². The summed E-state index contributed by atoms with van der Waals surface area (Å²) in [5, 5.41) is 5.78. The van der Waals surface area contributed by atoms with Gasteiger partial charge in [-0.25, -0.2) is 9.50 Å². The molecule has 0 saturated carbocycles. The lowest BCUT2D eigenvalue weighted by Crippen LogP contribution is -2.40. The molecule has 0 unspecified atom stereocenters. The van der Waals surface area contributed by atoms with Gasteiger partial charge in [-0.3, -0.25) is 9.78 Å². The van der Waals surface area contributed by atoms with Gasteiger partial charge in [-0.05, 0) is 41.7 Å². The number of rotatable bonds is 8. The molecule has 7 rings (SSSR count). The van der Waals surface area contributed by atoms with Crippen molar-refractivity contribution in [2.75, 3.05) is 40.5 Å². The van der Waals surface area contributed by atoms with E-state index >= 15 is 0 Å². The summed E-state index contributed by atoms with van der Waals surface area (Å²) in [5.41, 5.74) is 4.51. The van der Waals surface area contributed by atoms with Gasteiger partial charge in [0.25, 0.3) is 11.1 Å². The molecule has 6 aromatic rings. The number of furan rings is 1. The quantitative estimate of drug-likeness (QED) is 0.230. The average molecular weight is 598 g/mol. The van der Waals surface area contributed by atoms with Crippen molar-refractivity contribution in [3.8, 4) is 39.4 Å². The number of benzene rings is 2. The van der Waals surface area contributed by atoms with Gasteiger partial charge in [-0.1, -0.05) is 12.1 Å². The zero-order chi connectivity index (χ0) is 29.3. The van der Waals surface area contributed by atoms with Crippen molar-refractivity contribution in [1.82, 2.24) is 24.5 Å². The number of ether oxygens (including phenoxy) is 4. The SMILES string of the molecule is COc1cc(COc2ccnc(-c3ccc(C(=O)N4CCOCC4)cc3)c2)c2cc(-c3cn4nc(OC)sc4n3)oc2c1. The second-order valence-corrected chi connectivity index (χ2v) is 10.8. The summed E-state index contributed by atoms with van der Waals surface area (Å²) in [5.74, 6) is 1.94. The largest absolute Gasteiger partial charge is 0.497 e. The van der Waals surface area contributed by atoms with Gasteiger partial charge in [-0.15, -0.1) is 5.10 Å². The van der Waals surface area contributed by atoms with Crippen LogP contribution in [0.15, 0.2) is 71.4 Å². The van der Waals surface area contributed by atoms with Crippen molar-refractivity contribution in [2.45, 2.75) is 6.61 Å². The Kier molecular flexibility index (Phi) is 7.13. The highest BCUT2D eigenvalue weighted by Gasteiger charge is 2.19. The molecule has 0 spiro atoms. The molecule has 12 heteroatoms. The molecule has 0 radical (unpaired) electrons. The number of amides is 1. The molecule has 1 amide bonds.